The average molecular weight is 448 g/mol. The van der Waals surface area contributed by atoms with Crippen molar-refractivity contribution in [3.05, 3.63) is 81.8 Å². The van der Waals surface area contributed by atoms with Gasteiger partial charge < -0.3 is 10.2 Å². The number of amides is 2. The highest BCUT2D eigenvalue weighted by atomic mass is 32.1. The molecule has 0 spiro atoms. The van der Waals surface area contributed by atoms with Crippen molar-refractivity contribution in [2.45, 2.75) is 45.6 Å². The molecule has 1 saturated heterocycles. The summed E-state index contributed by atoms with van der Waals surface area (Å²) < 4.78 is 0. The van der Waals surface area contributed by atoms with Gasteiger partial charge >= 0.3 is 0 Å². The Morgan fingerprint density at radius 2 is 1.91 bits per heavy atom. The number of nitrogens with one attached hydrogen (secondary N) is 1. The lowest BCUT2D eigenvalue weighted by atomic mass is 10.1. The van der Waals surface area contributed by atoms with E-state index in [1.54, 1.807) is 16.2 Å². The number of benzene rings is 2. The predicted octanol–water partition coefficient (Wildman–Crippen LogP) is 4.75. The summed E-state index contributed by atoms with van der Waals surface area (Å²) in [5.41, 5.74) is 4.24. The maximum absolute atomic E-state index is 12.7. The summed E-state index contributed by atoms with van der Waals surface area (Å²) >= 11 is 1.61. The van der Waals surface area contributed by atoms with Crippen LogP contribution in [-0.2, 0) is 29.0 Å². The van der Waals surface area contributed by atoms with E-state index in [0.29, 0.717) is 13.1 Å². The first-order valence-corrected chi connectivity index (χ1v) is 12.1. The van der Waals surface area contributed by atoms with Crippen molar-refractivity contribution in [1.29, 1.82) is 0 Å². The number of unbranched alkanes of at least 4 members (excludes halogenated alkanes) is 1. The molecule has 1 atom stereocenters. The van der Waals surface area contributed by atoms with E-state index in [1.807, 2.05) is 35.7 Å². The molecule has 2 amide bonds. The minimum absolute atomic E-state index is 0.00487. The molecule has 6 heteroatoms. The van der Waals surface area contributed by atoms with Crippen molar-refractivity contribution in [1.82, 2.24) is 10.3 Å². The van der Waals surface area contributed by atoms with E-state index in [0.717, 1.165) is 35.7 Å². The molecule has 3 aromatic rings. The molecule has 1 aliphatic heterocycles. The largest absolute Gasteiger partial charge is 0.350 e. The summed E-state index contributed by atoms with van der Waals surface area (Å²) in [6.07, 6.45) is 4.43. The first-order chi connectivity index (χ1) is 15.6. The maximum atomic E-state index is 12.7. The SMILES string of the molecule is CCCCc1ccc(N2CC(C(=O)NCc3csc(Cc4ccccc4)n3)CC2=O)cc1. The maximum Gasteiger partial charge on any atom is 0.227 e. The molecule has 4 rings (SSSR count). The Morgan fingerprint density at radius 3 is 2.66 bits per heavy atom. The van der Waals surface area contributed by atoms with Crippen molar-refractivity contribution >= 4 is 28.8 Å². The predicted molar refractivity (Wildman–Crippen MR) is 129 cm³/mol. The van der Waals surface area contributed by atoms with Crippen LogP contribution < -0.4 is 10.2 Å². The Morgan fingerprint density at radius 1 is 1.12 bits per heavy atom. The molecule has 0 bridgehead atoms. The van der Waals surface area contributed by atoms with E-state index >= 15 is 0 Å². The molecule has 1 aliphatic rings. The third-order valence-electron chi connectivity index (χ3n) is 5.80. The minimum atomic E-state index is -0.329. The van der Waals surface area contributed by atoms with Gasteiger partial charge in [0.15, 0.2) is 0 Å². The lowest BCUT2D eigenvalue weighted by Gasteiger charge is -2.17. The fourth-order valence-corrected chi connectivity index (χ4v) is 4.79. The minimum Gasteiger partial charge on any atom is -0.350 e. The van der Waals surface area contributed by atoms with Gasteiger partial charge in [-0.25, -0.2) is 4.98 Å². The summed E-state index contributed by atoms with van der Waals surface area (Å²) in [4.78, 5) is 31.6. The second-order valence-corrected chi connectivity index (χ2v) is 9.23. The first kappa shape index (κ1) is 22.2. The molecule has 0 aliphatic carbocycles. The van der Waals surface area contributed by atoms with Crippen LogP contribution in [0.3, 0.4) is 0 Å². The summed E-state index contributed by atoms with van der Waals surface area (Å²) in [5, 5.41) is 5.99. The molecule has 1 N–H and O–H groups in total. The standard InChI is InChI=1S/C26H29N3O2S/c1-2-3-7-19-10-12-23(13-11-19)29-17-21(15-25(29)30)26(31)27-16-22-18-32-24(28-22)14-20-8-5-4-6-9-20/h4-6,8-13,18,21H,2-3,7,14-17H2,1H3,(H,27,31). The second-order valence-electron chi connectivity index (χ2n) is 8.29. The Kier molecular flexibility index (Phi) is 7.32. The van der Waals surface area contributed by atoms with Crippen molar-refractivity contribution in [3.63, 3.8) is 0 Å². The van der Waals surface area contributed by atoms with Gasteiger partial charge in [-0.1, -0.05) is 55.8 Å². The molecule has 32 heavy (non-hydrogen) atoms. The van der Waals surface area contributed by atoms with Crippen LogP contribution in [-0.4, -0.2) is 23.3 Å². The number of carbonyl (C=O) groups is 2. The normalized spacial score (nSPS) is 15.8. The average Bonchev–Trinajstić information content (AvgIpc) is 3.43. The number of aromatic nitrogens is 1. The zero-order valence-corrected chi connectivity index (χ0v) is 19.2. The van der Waals surface area contributed by atoms with Gasteiger partial charge in [-0.15, -0.1) is 11.3 Å². The van der Waals surface area contributed by atoms with Gasteiger partial charge in [0.25, 0.3) is 0 Å². The number of anilines is 1. The molecule has 1 fully saturated rings. The zero-order chi connectivity index (χ0) is 22.3. The number of hydrogen-bond acceptors (Lipinski definition) is 4. The Hall–Kier alpha value is -2.99. The molecule has 0 saturated carbocycles. The van der Waals surface area contributed by atoms with Gasteiger partial charge in [0.05, 0.1) is 23.2 Å². The van der Waals surface area contributed by atoms with E-state index in [1.165, 1.54) is 17.5 Å². The van der Waals surface area contributed by atoms with Crippen LogP contribution in [0.1, 0.15) is 48.0 Å². The van der Waals surface area contributed by atoms with Gasteiger partial charge in [0.2, 0.25) is 11.8 Å². The van der Waals surface area contributed by atoms with Crippen molar-refractivity contribution in [3.8, 4) is 0 Å². The van der Waals surface area contributed by atoms with E-state index in [4.69, 9.17) is 0 Å². The number of nitrogens with zero attached hydrogens (tertiary/aromatic N) is 2. The van der Waals surface area contributed by atoms with Gasteiger partial charge in [-0.05, 0) is 36.1 Å². The van der Waals surface area contributed by atoms with Crippen LogP contribution in [0.5, 0.6) is 0 Å². The Labute approximate surface area is 193 Å². The number of rotatable bonds is 9. The highest BCUT2D eigenvalue weighted by Crippen LogP contribution is 2.26. The lowest BCUT2D eigenvalue weighted by molar-refractivity contribution is -0.126. The van der Waals surface area contributed by atoms with E-state index < -0.39 is 0 Å². The van der Waals surface area contributed by atoms with Crippen molar-refractivity contribution in [2.24, 2.45) is 5.92 Å². The van der Waals surface area contributed by atoms with E-state index in [2.05, 4.69) is 41.5 Å². The second kappa shape index (κ2) is 10.6. The molecular weight excluding hydrogens is 418 g/mol. The van der Waals surface area contributed by atoms with Crippen LogP contribution >= 0.6 is 11.3 Å². The number of hydrogen-bond donors (Lipinski definition) is 1. The molecule has 1 unspecified atom stereocenters. The van der Waals surface area contributed by atoms with Gasteiger partial charge in [-0.2, -0.15) is 0 Å². The molecule has 5 nitrogen and oxygen atoms in total. The Bertz CT molecular complexity index is 1050. The van der Waals surface area contributed by atoms with Gasteiger partial charge in [-0.3, -0.25) is 9.59 Å². The molecule has 0 radical (unpaired) electrons. The summed E-state index contributed by atoms with van der Waals surface area (Å²) in [6.45, 7) is 3.00. The molecule has 2 heterocycles. The number of carbonyl (C=O) groups excluding carboxylic acids is 2. The van der Waals surface area contributed by atoms with Crippen molar-refractivity contribution < 1.29 is 9.59 Å². The zero-order valence-electron chi connectivity index (χ0n) is 18.4. The summed E-state index contributed by atoms with van der Waals surface area (Å²) in [7, 11) is 0. The highest BCUT2D eigenvalue weighted by molar-refractivity contribution is 7.09. The number of aryl methyl sites for hydroxylation is 1. The smallest absolute Gasteiger partial charge is 0.227 e. The number of thiazole rings is 1. The van der Waals surface area contributed by atoms with Crippen molar-refractivity contribution in [2.75, 3.05) is 11.4 Å². The fraction of sp³-hybridized carbons (Fsp3) is 0.346. The fourth-order valence-electron chi connectivity index (χ4n) is 3.96. The van der Waals surface area contributed by atoms with E-state index in [9.17, 15) is 9.59 Å². The van der Waals surface area contributed by atoms with Gasteiger partial charge in [0, 0.05) is 30.5 Å². The molecule has 1 aromatic heterocycles. The summed E-state index contributed by atoms with van der Waals surface area (Å²) in [5.74, 6) is -0.409. The summed E-state index contributed by atoms with van der Waals surface area (Å²) in [6, 6.07) is 18.4. The van der Waals surface area contributed by atoms with E-state index in [-0.39, 0.29) is 24.2 Å². The van der Waals surface area contributed by atoms with Crippen LogP contribution in [0.25, 0.3) is 0 Å². The molecule has 2 aromatic carbocycles. The van der Waals surface area contributed by atoms with Crippen LogP contribution in [0.4, 0.5) is 5.69 Å². The third kappa shape index (κ3) is 5.62. The Balaban J connectivity index is 1.28. The quantitative estimate of drug-likeness (QED) is 0.515. The third-order valence-corrected chi connectivity index (χ3v) is 6.70. The topological polar surface area (TPSA) is 62.3 Å². The first-order valence-electron chi connectivity index (χ1n) is 11.3. The van der Waals surface area contributed by atoms with Crippen LogP contribution in [0.2, 0.25) is 0 Å². The highest BCUT2D eigenvalue weighted by Gasteiger charge is 2.35. The monoisotopic (exact) mass is 447 g/mol. The molecule has 166 valence electrons. The lowest BCUT2D eigenvalue weighted by Crippen LogP contribution is -2.32. The molecular formula is C26H29N3O2S. The van der Waals surface area contributed by atoms with Crippen LogP contribution in [0.15, 0.2) is 60.0 Å². The van der Waals surface area contributed by atoms with Crippen LogP contribution in [0, 0.1) is 5.92 Å². The van der Waals surface area contributed by atoms with Gasteiger partial charge in [0.1, 0.15) is 0 Å².